The third-order valence-corrected chi connectivity index (χ3v) is 4.26. The van der Waals surface area contributed by atoms with E-state index in [9.17, 15) is 0 Å². The Kier molecular flexibility index (Phi) is 3.71. The monoisotopic (exact) mass is 261 g/mol. The largest absolute Gasteiger partial charge is 0.376 e. The molecule has 19 heavy (non-hydrogen) atoms. The molecule has 1 N–H and O–H groups in total. The van der Waals surface area contributed by atoms with Crippen molar-refractivity contribution in [1.82, 2.24) is 10.3 Å². The van der Waals surface area contributed by atoms with E-state index in [4.69, 9.17) is 4.74 Å². The van der Waals surface area contributed by atoms with Crippen LogP contribution in [0.25, 0.3) is 0 Å². The summed E-state index contributed by atoms with van der Waals surface area (Å²) in [7, 11) is 2.16. The molecule has 3 rings (SSSR count). The van der Waals surface area contributed by atoms with Crippen LogP contribution in [0.15, 0.2) is 18.5 Å². The predicted molar refractivity (Wildman–Crippen MR) is 76.3 cm³/mol. The molecule has 0 aromatic carbocycles. The first-order valence-corrected chi connectivity index (χ1v) is 7.26. The topological polar surface area (TPSA) is 37.4 Å². The highest BCUT2D eigenvalue weighted by Gasteiger charge is 2.29. The van der Waals surface area contributed by atoms with E-state index in [1.165, 1.54) is 24.1 Å². The van der Waals surface area contributed by atoms with Crippen LogP contribution in [-0.2, 0) is 11.3 Å². The van der Waals surface area contributed by atoms with Crippen molar-refractivity contribution in [1.29, 1.82) is 0 Å². The van der Waals surface area contributed by atoms with Crippen molar-refractivity contribution in [3.05, 3.63) is 24.0 Å². The molecule has 4 heteroatoms. The first kappa shape index (κ1) is 12.9. The molecule has 2 atom stereocenters. The summed E-state index contributed by atoms with van der Waals surface area (Å²) in [6.45, 7) is 3.97. The highest BCUT2D eigenvalue weighted by Crippen LogP contribution is 2.27. The van der Waals surface area contributed by atoms with Gasteiger partial charge in [-0.05, 0) is 37.8 Å². The van der Waals surface area contributed by atoms with Gasteiger partial charge in [-0.2, -0.15) is 0 Å². The molecule has 2 unspecified atom stereocenters. The second-order valence-corrected chi connectivity index (χ2v) is 5.70. The van der Waals surface area contributed by atoms with Gasteiger partial charge in [-0.25, -0.2) is 0 Å². The lowest BCUT2D eigenvalue weighted by Crippen LogP contribution is -2.37. The Morgan fingerprint density at radius 3 is 2.95 bits per heavy atom. The third-order valence-electron chi connectivity index (χ3n) is 4.26. The van der Waals surface area contributed by atoms with Crippen LogP contribution in [0, 0.1) is 0 Å². The van der Waals surface area contributed by atoms with E-state index in [-0.39, 0.29) is 0 Å². The predicted octanol–water partition coefficient (Wildman–Crippen LogP) is 1.95. The van der Waals surface area contributed by atoms with Crippen LogP contribution < -0.4 is 10.2 Å². The van der Waals surface area contributed by atoms with Crippen molar-refractivity contribution in [2.24, 2.45) is 0 Å². The van der Waals surface area contributed by atoms with Gasteiger partial charge in [-0.15, -0.1) is 0 Å². The molecule has 2 fully saturated rings. The van der Waals surface area contributed by atoms with Crippen LogP contribution in [0.4, 0.5) is 5.69 Å². The first-order chi connectivity index (χ1) is 9.25. The molecular formula is C15H23N3O. The smallest absolute Gasteiger partial charge is 0.0750 e. The van der Waals surface area contributed by atoms with Crippen LogP contribution in [0.1, 0.15) is 31.7 Å². The van der Waals surface area contributed by atoms with Gasteiger partial charge in [0.15, 0.2) is 0 Å². The molecule has 0 spiro atoms. The van der Waals surface area contributed by atoms with Gasteiger partial charge in [0.2, 0.25) is 0 Å². The van der Waals surface area contributed by atoms with Crippen molar-refractivity contribution in [3.8, 4) is 0 Å². The third kappa shape index (κ3) is 2.90. The molecular weight excluding hydrogens is 238 g/mol. The fourth-order valence-electron chi connectivity index (χ4n) is 2.83. The molecule has 1 aromatic heterocycles. The average Bonchev–Trinajstić information content (AvgIpc) is 3.17. The Labute approximate surface area is 115 Å². The second-order valence-electron chi connectivity index (χ2n) is 5.70. The Morgan fingerprint density at radius 1 is 1.42 bits per heavy atom. The summed E-state index contributed by atoms with van der Waals surface area (Å²) in [6, 6.07) is 3.32. The van der Waals surface area contributed by atoms with Crippen LogP contribution in [0.3, 0.4) is 0 Å². The maximum absolute atomic E-state index is 5.68. The number of aromatic nitrogens is 1. The molecule has 0 amide bonds. The zero-order chi connectivity index (χ0) is 13.2. The van der Waals surface area contributed by atoms with E-state index in [0.717, 1.165) is 25.6 Å². The number of likely N-dealkylation sites (N-methyl/N-ethyl adjacent to an activating group) is 1. The number of ether oxygens (including phenoxy) is 1. The van der Waals surface area contributed by atoms with E-state index >= 15 is 0 Å². The molecule has 4 nitrogen and oxygen atoms in total. The van der Waals surface area contributed by atoms with Gasteiger partial charge in [0, 0.05) is 32.4 Å². The number of hydrogen-bond acceptors (Lipinski definition) is 4. The summed E-state index contributed by atoms with van der Waals surface area (Å²) < 4.78 is 5.68. The van der Waals surface area contributed by atoms with E-state index in [0.29, 0.717) is 12.1 Å². The van der Waals surface area contributed by atoms with Crippen molar-refractivity contribution in [3.63, 3.8) is 0 Å². The van der Waals surface area contributed by atoms with Gasteiger partial charge in [-0.3, -0.25) is 4.98 Å². The van der Waals surface area contributed by atoms with Gasteiger partial charge in [0.25, 0.3) is 0 Å². The van der Waals surface area contributed by atoms with E-state index in [2.05, 4.69) is 35.2 Å². The minimum Gasteiger partial charge on any atom is -0.376 e. The maximum Gasteiger partial charge on any atom is 0.0750 e. The molecule has 1 aromatic rings. The Hall–Kier alpha value is -1.13. The average molecular weight is 261 g/mol. The SMILES string of the molecule is CC1OCCC1N(C)c1cnccc1CNC1CC1. The van der Waals surface area contributed by atoms with Crippen LogP contribution in [-0.4, -0.2) is 36.8 Å². The van der Waals surface area contributed by atoms with Crippen LogP contribution in [0.2, 0.25) is 0 Å². The quantitative estimate of drug-likeness (QED) is 0.879. The van der Waals surface area contributed by atoms with Crippen LogP contribution in [0.5, 0.6) is 0 Å². The van der Waals surface area contributed by atoms with Crippen molar-refractivity contribution in [2.45, 2.75) is 50.9 Å². The Morgan fingerprint density at radius 2 is 2.26 bits per heavy atom. The number of anilines is 1. The molecule has 0 bridgehead atoms. The summed E-state index contributed by atoms with van der Waals surface area (Å²) in [5, 5.41) is 3.58. The maximum atomic E-state index is 5.68. The second kappa shape index (κ2) is 5.47. The first-order valence-electron chi connectivity index (χ1n) is 7.26. The van der Waals surface area contributed by atoms with Crippen molar-refractivity contribution < 1.29 is 4.74 Å². The lowest BCUT2D eigenvalue weighted by molar-refractivity contribution is 0.118. The fraction of sp³-hybridized carbons (Fsp3) is 0.667. The van der Waals surface area contributed by atoms with E-state index in [1.54, 1.807) is 0 Å². The van der Waals surface area contributed by atoms with Gasteiger partial charge < -0.3 is 15.0 Å². The number of nitrogens with one attached hydrogen (secondary N) is 1. The molecule has 1 aliphatic heterocycles. The summed E-state index contributed by atoms with van der Waals surface area (Å²) in [4.78, 5) is 6.64. The number of hydrogen-bond donors (Lipinski definition) is 1. The minimum atomic E-state index is 0.300. The molecule has 1 saturated heterocycles. The van der Waals surface area contributed by atoms with Gasteiger partial charge in [-0.1, -0.05) is 0 Å². The summed E-state index contributed by atoms with van der Waals surface area (Å²) in [5.41, 5.74) is 2.57. The summed E-state index contributed by atoms with van der Waals surface area (Å²) in [5.74, 6) is 0. The number of pyridine rings is 1. The standard InChI is InChI=1S/C15H23N3O/c1-11-14(6-8-19-11)18(2)15-10-16-7-5-12(15)9-17-13-3-4-13/h5,7,10-11,13-14,17H,3-4,6,8-9H2,1-2H3. The normalized spacial score (nSPS) is 26.6. The van der Waals surface area contributed by atoms with Gasteiger partial charge in [0.1, 0.15) is 0 Å². The van der Waals surface area contributed by atoms with E-state index < -0.39 is 0 Å². The van der Waals surface area contributed by atoms with E-state index in [1.807, 2.05) is 12.4 Å². The molecule has 2 aliphatic rings. The zero-order valence-electron chi connectivity index (χ0n) is 11.8. The zero-order valence-corrected chi connectivity index (χ0v) is 11.8. The van der Waals surface area contributed by atoms with Gasteiger partial charge >= 0.3 is 0 Å². The van der Waals surface area contributed by atoms with Crippen molar-refractivity contribution in [2.75, 3.05) is 18.6 Å². The van der Waals surface area contributed by atoms with Crippen LogP contribution >= 0.6 is 0 Å². The lowest BCUT2D eigenvalue weighted by atomic mass is 10.1. The lowest BCUT2D eigenvalue weighted by Gasteiger charge is -2.30. The summed E-state index contributed by atoms with van der Waals surface area (Å²) in [6.07, 6.45) is 7.91. The Bertz CT molecular complexity index is 433. The number of nitrogens with zero attached hydrogens (tertiary/aromatic N) is 2. The van der Waals surface area contributed by atoms with Crippen molar-refractivity contribution >= 4 is 5.69 Å². The van der Waals surface area contributed by atoms with Gasteiger partial charge in [0.05, 0.1) is 24.0 Å². The molecule has 104 valence electrons. The fourth-order valence-corrected chi connectivity index (χ4v) is 2.83. The summed E-state index contributed by atoms with van der Waals surface area (Å²) >= 11 is 0. The molecule has 1 saturated carbocycles. The Balaban J connectivity index is 1.74. The highest BCUT2D eigenvalue weighted by atomic mass is 16.5. The number of rotatable bonds is 5. The highest BCUT2D eigenvalue weighted by molar-refractivity contribution is 5.52. The molecule has 0 radical (unpaired) electrons. The molecule has 1 aliphatic carbocycles. The molecule has 2 heterocycles. The minimum absolute atomic E-state index is 0.300.